The van der Waals surface area contributed by atoms with E-state index in [2.05, 4.69) is 46.9 Å². The number of anilines is 1. The van der Waals surface area contributed by atoms with E-state index >= 15 is 0 Å². The van der Waals surface area contributed by atoms with E-state index in [0.717, 1.165) is 33.6 Å². The molecule has 0 saturated carbocycles. The molecule has 1 fully saturated rings. The van der Waals surface area contributed by atoms with Crippen LogP contribution in [0.3, 0.4) is 0 Å². The van der Waals surface area contributed by atoms with Crippen LogP contribution >= 0.6 is 11.3 Å². The van der Waals surface area contributed by atoms with E-state index in [1.165, 1.54) is 4.88 Å². The van der Waals surface area contributed by atoms with E-state index in [-0.39, 0.29) is 24.6 Å². The van der Waals surface area contributed by atoms with Gasteiger partial charge in [-0.3, -0.25) is 4.79 Å². The highest BCUT2D eigenvalue weighted by Crippen LogP contribution is 2.34. The fourth-order valence-electron chi connectivity index (χ4n) is 4.69. The summed E-state index contributed by atoms with van der Waals surface area (Å²) >= 11 is 1.60. The second-order valence-electron chi connectivity index (χ2n) is 9.50. The normalized spacial score (nSPS) is 16.6. The molecule has 9 heteroatoms. The summed E-state index contributed by atoms with van der Waals surface area (Å²) in [6.45, 7) is 5.49. The zero-order chi connectivity index (χ0) is 26.6. The van der Waals surface area contributed by atoms with Gasteiger partial charge in [-0.2, -0.15) is 9.97 Å². The molecule has 1 amide bonds. The molecule has 198 valence electrons. The first kappa shape index (κ1) is 26.1. The molecule has 0 bridgehead atoms. The minimum atomic E-state index is -0.997. The number of aliphatic hydroxyl groups is 2. The number of aromatic nitrogens is 2. The Hall–Kier alpha value is -3.53. The number of ether oxygens (including phenoxy) is 1. The highest BCUT2D eigenvalue weighted by Gasteiger charge is 2.30. The predicted molar refractivity (Wildman–Crippen MR) is 150 cm³/mol. The molecular formula is C29H32N4O4S. The molecule has 1 saturated heterocycles. The molecule has 0 spiro atoms. The van der Waals surface area contributed by atoms with Crippen LogP contribution in [0.4, 0.5) is 5.82 Å². The van der Waals surface area contributed by atoms with Gasteiger partial charge in [-0.25, -0.2) is 0 Å². The first-order valence-electron chi connectivity index (χ1n) is 12.9. The van der Waals surface area contributed by atoms with Crippen molar-refractivity contribution in [3.63, 3.8) is 0 Å². The average Bonchev–Trinajstić information content (AvgIpc) is 3.39. The maximum atomic E-state index is 13.4. The molecule has 1 aliphatic heterocycles. The van der Waals surface area contributed by atoms with Crippen LogP contribution < -0.4 is 9.64 Å². The number of thiophene rings is 1. The Balaban J connectivity index is 1.33. The number of carbonyl (C=O) groups is 1. The van der Waals surface area contributed by atoms with Crippen LogP contribution in [0.15, 0.2) is 60.7 Å². The van der Waals surface area contributed by atoms with Crippen molar-refractivity contribution in [3.05, 3.63) is 71.1 Å². The van der Waals surface area contributed by atoms with E-state index in [4.69, 9.17) is 9.84 Å². The van der Waals surface area contributed by atoms with Gasteiger partial charge in [0.2, 0.25) is 0 Å². The standard InChI is InChI=1S/C29H32N4O4S/c1-3-24-15-25-26(30-29(31-27(25)38-24)37-18-23(35)17-34)32-13-14-33(19(2)16-32)28(36)22-11-9-21(10-12-22)20-7-5-4-6-8-20/h4-12,15,19,23,34-35H,3,13-14,16-18H2,1-2H3/t19-,23+/m0/s1. The molecule has 5 rings (SSSR count). The summed E-state index contributed by atoms with van der Waals surface area (Å²) in [5.41, 5.74) is 2.89. The molecule has 2 atom stereocenters. The molecule has 4 aromatic rings. The SMILES string of the molecule is CCc1cc2c(N3CCN(C(=O)c4ccc(-c5ccccc5)cc4)[C@@H](C)C3)nc(OC[C@H](O)CO)nc2s1. The lowest BCUT2D eigenvalue weighted by molar-refractivity contribution is 0.0506. The van der Waals surface area contributed by atoms with Gasteiger partial charge in [-0.05, 0) is 42.7 Å². The van der Waals surface area contributed by atoms with Crippen molar-refractivity contribution in [2.75, 3.05) is 37.7 Å². The lowest BCUT2D eigenvalue weighted by atomic mass is 10.0. The minimum absolute atomic E-state index is 0.0235. The number of aliphatic hydroxyl groups excluding tert-OH is 2. The molecule has 2 aromatic carbocycles. The third-order valence-electron chi connectivity index (χ3n) is 6.79. The monoisotopic (exact) mass is 532 g/mol. The van der Waals surface area contributed by atoms with Gasteiger partial charge in [0.25, 0.3) is 5.91 Å². The number of fused-ring (bicyclic) bond motifs is 1. The van der Waals surface area contributed by atoms with Crippen LogP contribution in [0.5, 0.6) is 6.01 Å². The van der Waals surface area contributed by atoms with Crippen LogP contribution in [0, 0.1) is 0 Å². The van der Waals surface area contributed by atoms with Gasteiger partial charge in [0.15, 0.2) is 0 Å². The Bertz CT molecular complexity index is 1390. The Morgan fingerprint density at radius 3 is 2.53 bits per heavy atom. The largest absolute Gasteiger partial charge is 0.461 e. The van der Waals surface area contributed by atoms with Crippen molar-refractivity contribution < 1.29 is 19.7 Å². The van der Waals surface area contributed by atoms with E-state index in [1.54, 1.807) is 11.3 Å². The van der Waals surface area contributed by atoms with Gasteiger partial charge < -0.3 is 24.7 Å². The van der Waals surface area contributed by atoms with E-state index in [0.29, 0.717) is 25.2 Å². The van der Waals surface area contributed by atoms with Crippen LogP contribution in [-0.4, -0.2) is 76.0 Å². The topological polar surface area (TPSA) is 99.0 Å². The number of amides is 1. The fourth-order valence-corrected chi connectivity index (χ4v) is 5.65. The lowest BCUT2D eigenvalue weighted by Crippen LogP contribution is -2.54. The lowest BCUT2D eigenvalue weighted by Gasteiger charge is -2.40. The number of nitrogens with zero attached hydrogens (tertiary/aromatic N) is 4. The third kappa shape index (κ3) is 5.50. The zero-order valence-electron chi connectivity index (χ0n) is 21.6. The summed E-state index contributed by atoms with van der Waals surface area (Å²) in [4.78, 5) is 28.8. The fraction of sp³-hybridized carbons (Fsp3) is 0.345. The van der Waals surface area contributed by atoms with E-state index in [9.17, 15) is 9.90 Å². The molecule has 8 nitrogen and oxygen atoms in total. The summed E-state index contributed by atoms with van der Waals surface area (Å²) in [6, 6.07) is 20.2. The Labute approximate surface area is 226 Å². The first-order chi connectivity index (χ1) is 18.5. The van der Waals surface area contributed by atoms with Crippen molar-refractivity contribution in [3.8, 4) is 17.1 Å². The first-order valence-corrected chi connectivity index (χ1v) is 13.7. The highest BCUT2D eigenvalue weighted by molar-refractivity contribution is 7.18. The molecule has 0 unspecified atom stereocenters. The molecule has 2 N–H and O–H groups in total. The number of aryl methyl sites for hydroxylation is 1. The molecular weight excluding hydrogens is 500 g/mol. The van der Waals surface area contributed by atoms with Crippen LogP contribution in [0.2, 0.25) is 0 Å². The number of piperazine rings is 1. The average molecular weight is 533 g/mol. The molecule has 0 radical (unpaired) electrons. The summed E-state index contributed by atoms with van der Waals surface area (Å²) in [5, 5.41) is 19.8. The number of hydrogen-bond donors (Lipinski definition) is 2. The van der Waals surface area contributed by atoms with Gasteiger partial charge in [0.1, 0.15) is 23.4 Å². The Morgan fingerprint density at radius 1 is 1.11 bits per heavy atom. The number of benzene rings is 2. The van der Waals surface area contributed by atoms with Crippen molar-refractivity contribution in [2.24, 2.45) is 0 Å². The number of rotatable bonds is 8. The summed E-state index contributed by atoms with van der Waals surface area (Å²) < 4.78 is 5.61. The van der Waals surface area contributed by atoms with Gasteiger partial charge in [0.05, 0.1) is 12.0 Å². The second-order valence-corrected chi connectivity index (χ2v) is 10.6. The summed E-state index contributed by atoms with van der Waals surface area (Å²) in [7, 11) is 0. The Morgan fingerprint density at radius 2 is 1.84 bits per heavy atom. The predicted octanol–water partition coefficient (Wildman–Crippen LogP) is 4.00. The minimum Gasteiger partial charge on any atom is -0.461 e. The van der Waals surface area contributed by atoms with Crippen LogP contribution in [-0.2, 0) is 6.42 Å². The summed E-state index contributed by atoms with van der Waals surface area (Å²) in [5.74, 6) is 0.793. The van der Waals surface area contributed by atoms with E-state index < -0.39 is 12.7 Å². The van der Waals surface area contributed by atoms with Crippen molar-refractivity contribution in [1.29, 1.82) is 0 Å². The Kier molecular flexibility index (Phi) is 7.87. The highest BCUT2D eigenvalue weighted by atomic mass is 32.1. The smallest absolute Gasteiger partial charge is 0.319 e. The van der Waals surface area contributed by atoms with Gasteiger partial charge in [-0.15, -0.1) is 11.3 Å². The maximum absolute atomic E-state index is 13.4. The van der Waals surface area contributed by atoms with Gasteiger partial charge in [-0.1, -0.05) is 49.4 Å². The number of hydrogen-bond acceptors (Lipinski definition) is 8. The quantitative estimate of drug-likeness (QED) is 0.354. The zero-order valence-corrected chi connectivity index (χ0v) is 22.4. The maximum Gasteiger partial charge on any atom is 0.319 e. The molecule has 0 aliphatic carbocycles. The van der Waals surface area contributed by atoms with Crippen molar-refractivity contribution in [1.82, 2.24) is 14.9 Å². The van der Waals surface area contributed by atoms with Crippen molar-refractivity contribution in [2.45, 2.75) is 32.4 Å². The van der Waals surface area contributed by atoms with Gasteiger partial charge in [0, 0.05) is 36.1 Å². The molecule has 1 aliphatic rings. The summed E-state index contributed by atoms with van der Waals surface area (Å²) in [6.07, 6.45) is -0.106. The third-order valence-corrected chi connectivity index (χ3v) is 7.97. The number of carbonyl (C=O) groups excluding carboxylic acids is 1. The molecule has 38 heavy (non-hydrogen) atoms. The van der Waals surface area contributed by atoms with Gasteiger partial charge >= 0.3 is 6.01 Å². The van der Waals surface area contributed by atoms with E-state index in [1.807, 2.05) is 47.4 Å². The van der Waals surface area contributed by atoms with Crippen LogP contribution in [0.1, 0.15) is 29.1 Å². The van der Waals surface area contributed by atoms with Crippen molar-refractivity contribution >= 4 is 33.3 Å². The molecule has 3 heterocycles. The van der Waals surface area contributed by atoms with Crippen LogP contribution in [0.25, 0.3) is 21.3 Å². The molecule has 2 aromatic heterocycles. The second kappa shape index (κ2) is 11.5.